The summed E-state index contributed by atoms with van der Waals surface area (Å²) in [6.45, 7) is 5.07. The molecule has 1 aliphatic rings. The van der Waals surface area contributed by atoms with E-state index < -0.39 is 5.09 Å². The van der Waals surface area contributed by atoms with Gasteiger partial charge in [0.1, 0.15) is 6.10 Å². The zero-order valence-corrected chi connectivity index (χ0v) is 7.94. The summed E-state index contributed by atoms with van der Waals surface area (Å²) in [5.74, 6) is 0. The third kappa shape index (κ3) is 3.59. The van der Waals surface area contributed by atoms with Crippen molar-refractivity contribution >= 4 is 0 Å². The van der Waals surface area contributed by atoms with Crippen LogP contribution in [0.2, 0.25) is 0 Å². The standard InChI is InChI=1S/C8H16N2O3/c1-2-5-9-6-3-8(4-7-9)13-10(11)12/h8H,2-7H2,1H3. The topological polar surface area (TPSA) is 55.6 Å². The molecule has 0 aromatic carbocycles. The van der Waals surface area contributed by atoms with Gasteiger partial charge in [-0.25, -0.2) is 0 Å². The van der Waals surface area contributed by atoms with Gasteiger partial charge in [-0.05, 0) is 25.8 Å². The normalized spacial score (nSPS) is 20.1. The molecule has 0 aromatic rings. The predicted molar refractivity (Wildman–Crippen MR) is 47.8 cm³/mol. The Hall–Kier alpha value is -0.840. The number of hydrogen-bond acceptors (Lipinski definition) is 4. The van der Waals surface area contributed by atoms with Crippen molar-refractivity contribution in [2.24, 2.45) is 0 Å². The molecule has 0 atom stereocenters. The van der Waals surface area contributed by atoms with E-state index in [2.05, 4.69) is 16.7 Å². The number of piperidine rings is 1. The van der Waals surface area contributed by atoms with Crippen LogP contribution < -0.4 is 0 Å². The van der Waals surface area contributed by atoms with Crippen LogP contribution in [0.5, 0.6) is 0 Å². The Balaban J connectivity index is 2.18. The molecule has 1 saturated heterocycles. The average molecular weight is 188 g/mol. The Morgan fingerprint density at radius 1 is 1.54 bits per heavy atom. The van der Waals surface area contributed by atoms with Crippen molar-refractivity contribution < 1.29 is 9.92 Å². The summed E-state index contributed by atoms with van der Waals surface area (Å²) in [6, 6.07) is 0. The molecule has 0 unspecified atom stereocenters. The van der Waals surface area contributed by atoms with E-state index in [1.54, 1.807) is 0 Å². The molecule has 0 amide bonds. The lowest BCUT2D eigenvalue weighted by atomic mass is 10.1. The Morgan fingerprint density at radius 2 is 2.15 bits per heavy atom. The predicted octanol–water partition coefficient (Wildman–Crippen LogP) is 1.07. The fourth-order valence-corrected chi connectivity index (χ4v) is 1.68. The van der Waals surface area contributed by atoms with Gasteiger partial charge in [0.15, 0.2) is 0 Å². The van der Waals surface area contributed by atoms with Crippen LogP contribution in [-0.2, 0) is 4.84 Å². The molecule has 13 heavy (non-hydrogen) atoms. The van der Waals surface area contributed by atoms with E-state index in [0.29, 0.717) is 0 Å². The molecular formula is C8H16N2O3. The molecule has 1 fully saturated rings. The monoisotopic (exact) mass is 188 g/mol. The Labute approximate surface area is 77.8 Å². The third-order valence-electron chi connectivity index (χ3n) is 2.31. The zero-order valence-electron chi connectivity index (χ0n) is 7.94. The maximum Gasteiger partial charge on any atom is 0.294 e. The smallest absolute Gasteiger partial charge is 0.294 e. The lowest BCUT2D eigenvalue weighted by Crippen LogP contribution is -2.38. The van der Waals surface area contributed by atoms with E-state index in [9.17, 15) is 10.1 Å². The van der Waals surface area contributed by atoms with Crippen LogP contribution in [0.4, 0.5) is 0 Å². The van der Waals surface area contributed by atoms with E-state index in [-0.39, 0.29) is 6.10 Å². The molecule has 0 saturated carbocycles. The molecule has 76 valence electrons. The van der Waals surface area contributed by atoms with Gasteiger partial charge in [0, 0.05) is 13.1 Å². The van der Waals surface area contributed by atoms with Crippen LogP contribution in [0.1, 0.15) is 26.2 Å². The highest BCUT2D eigenvalue weighted by Crippen LogP contribution is 2.13. The van der Waals surface area contributed by atoms with Crippen molar-refractivity contribution in [3.63, 3.8) is 0 Å². The minimum atomic E-state index is -0.680. The van der Waals surface area contributed by atoms with Gasteiger partial charge in [0.2, 0.25) is 0 Å². The second kappa shape index (κ2) is 5.01. The second-order valence-electron chi connectivity index (χ2n) is 3.37. The van der Waals surface area contributed by atoms with Crippen LogP contribution in [-0.4, -0.2) is 35.7 Å². The van der Waals surface area contributed by atoms with Crippen molar-refractivity contribution in [1.29, 1.82) is 0 Å². The van der Waals surface area contributed by atoms with Crippen molar-refractivity contribution in [2.75, 3.05) is 19.6 Å². The summed E-state index contributed by atoms with van der Waals surface area (Å²) in [4.78, 5) is 16.9. The number of nitrogens with zero attached hydrogens (tertiary/aromatic N) is 2. The molecule has 0 aliphatic carbocycles. The summed E-state index contributed by atoms with van der Waals surface area (Å²) in [5.41, 5.74) is 0. The van der Waals surface area contributed by atoms with Gasteiger partial charge in [-0.1, -0.05) is 6.92 Å². The first-order chi connectivity index (χ1) is 6.22. The highest BCUT2D eigenvalue weighted by Gasteiger charge is 2.20. The number of likely N-dealkylation sites (tertiary alicyclic amines) is 1. The minimum Gasteiger partial charge on any atom is -0.310 e. The quantitative estimate of drug-likeness (QED) is 0.489. The van der Waals surface area contributed by atoms with Gasteiger partial charge < -0.3 is 9.74 Å². The zero-order chi connectivity index (χ0) is 9.68. The summed E-state index contributed by atoms with van der Waals surface area (Å²) in [5, 5.41) is 9.36. The van der Waals surface area contributed by atoms with E-state index in [1.165, 1.54) is 0 Å². The molecular weight excluding hydrogens is 172 g/mol. The van der Waals surface area contributed by atoms with E-state index in [0.717, 1.165) is 38.9 Å². The summed E-state index contributed by atoms with van der Waals surface area (Å²) < 4.78 is 0. The van der Waals surface area contributed by atoms with Gasteiger partial charge in [0.05, 0.1) is 0 Å². The van der Waals surface area contributed by atoms with Crippen LogP contribution in [0.15, 0.2) is 0 Å². The highest BCUT2D eigenvalue weighted by molar-refractivity contribution is 4.70. The first-order valence-electron chi connectivity index (χ1n) is 4.76. The van der Waals surface area contributed by atoms with Crippen LogP contribution >= 0.6 is 0 Å². The molecule has 0 aromatic heterocycles. The molecule has 0 N–H and O–H groups in total. The SMILES string of the molecule is CCCN1CCC(O[N+](=O)[O-])CC1. The Morgan fingerprint density at radius 3 is 2.62 bits per heavy atom. The molecule has 1 heterocycles. The maximum atomic E-state index is 10.0. The molecule has 0 spiro atoms. The summed E-state index contributed by atoms with van der Waals surface area (Å²) in [6.07, 6.45) is 2.52. The first kappa shape index (κ1) is 10.2. The summed E-state index contributed by atoms with van der Waals surface area (Å²) in [7, 11) is 0. The molecule has 5 heteroatoms. The van der Waals surface area contributed by atoms with Crippen molar-refractivity contribution in [3.05, 3.63) is 10.1 Å². The minimum absolute atomic E-state index is 0.178. The molecule has 5 nitrogen and oxygen atoms in total. The fraction of sp³-hybridized carbons (Fsp3) is 1.00. The van der Waals surface area contributed by atoms with Crippen LogP contribution in [0, 0.1) is 10.1 Å². The lowest BCUT2D eigenvalue weighted by molar-refractivity contribution is -0.769. The largest absolute Gasteiger partial charge is 0.310 e. The van der Waals surface area contributed by atoms with Crippen LogP contribution in [0.25, 0.3) is 0 Å². The number of hydrogen-bond donors (Lipinski definition) is 0. The fourth-order valence-electron chi connectivity index (χ4n) is 1.68. The molecule has 0 radical (unpaired) electrons. The van der Waals surface area contributed by atoms with E-state index >= 15 is 0 Å². The molecule has 1 rings (SSSR count). The first-order valence-corrected chi connectivity index (χ1v) is 4.76. The van der Waals surface area contributed by atoms with Gasteiger partial charge in [-0.3, -0.25) is 0 Å². The maximum absolute atomic E-state index is 10.0. The van der Waals surface area contributed by atoms with Gasteiger partial charge in [0.25, 0.3) is 5.09 Å². The Kier molecular flexibility index (Phi) is 3.95. The van der Waals surface area contributed by atoms with E-state index in [4.69, 9.17) is 0 Å². The van der Waals surface area contributed by atoms with Crippen molar-refractivity contribution in [1.82, 2.24) is 4.90 Å². The Bertz CT molecular complexity index is 167. The number of rotatable bonds is 4. The second-order valence-corrected chi connectivity index (χ2v) is 3.37. The van der Waals surface area contributed by atoms with Gasteiger partial charge in [-0.2, -0.15) is 0 Å². The van der Waals surface area contributed by atoms with Crippen LogP contribution in [0.3, 0.4) is 0 Å². The van der Waals surface area contributed by atoms with Crippen molar-refractivity contribution in [3.8, 4) is 0 Å². The average Bonchev–Trinajstić information content (AvgIpc) is 2.08. The third-order valence-corrected chi connectivity index (χ3v) is 2.31. The van der Waals surface area contributed by atoms with Gasteiger partial charge >= 0.3 is 0 Å². The molecule has 0 bridgehead atoms. The van der Waals surface area contributed by atoms with E-state index in [1.807, 2.05) is 0 Å². The van der Waals surface area contributed by atoms with Crippen molar-refractivity contribution in [2.45, 2.75) is 32.3 Å². The highest BCUT2D eigenvalue weighted by atomic mass is 17.0. The summed E-state index contributed by atoms with van der Waals surface area (Å²) >= 11 is 0. The van der Waals surface area contributed by atoms with Gasteiger partial charge in [-0.15, -0.1) is 10.1 Å². The lowest BCUT2D eigenvalue weighted by Gasteiger charge is -2.30. The molecule has 1 aliphatic heterocycles.